The molecule has 0 aliphatic heterocycles. The largest absolute Gasteiger partial charge is 0.465 e. The summed E-state index contributed by atoms with van der Waals surface area (Å²) in [5, 5.41) is 0. The molecule has 0 aromatic carbocycles. The second-order valence-corrected chi connectivity index (χ2v) is 3.82. The van der Waals surface area contributed by atoms with Crippen molar-refractivity contribution >= 4 is 23.3 Å². The van der Waals surface area contributed by atoms with Crippen LogP contribution < -0.4 is 0 Å². The summed E-state index contributed by atoms with van der Waals surface area (Å²) in [4.78, 5) is 23.5. The zero-order valence-electron chi connectivity index (χ0n) is 8.12. The fraction of sp³-hybridized carbons (Fsp3) is 0.333. The fourth-order valence-electron chi connectivity index (χ4n) is 0.996. The van der Waals surface area contributed by atoms with Gasteiger partial charge in [-0.15, -0.1) is 11.3 Å². The molecule has 0 fully saturated rings. The van der Waals surface area contributed by atoms with Gasteiger partial charge in [0, 0.05) is 4.88 Å². The topological polar surface area (TPSA) is 52.6 Å². The third-order valence-electron chi connectivity index (χ3n) is 1.71. The van der Waals surface area contributed by atoms with Crippen LogP contribution >= 0.6 is 11.3 Å². The highest BCUT2D eigenvalue weighted by molar-refractivity contribution is 7.14. The average Bonchev–Trinajstić information content (AvgIpc) is 2.58. The van der Waals surface area contributed by atoms with E-state index in [4.69, 9.17) is 0 Å². The van der Waals surface area contributed by atoms with E-state index in [1.54, 1.807) is 6.92 Å². The fourth-order valence-corrected chi connectivity index (χ4v) is 1.92. The van der Waals surface area contributed by atoms with Gasteiger partial charge in [-0.3, -0.25) is 0 Å². The normalized spacial score (nSPS) is 9.64. The van der Waals surface area contributed by atoms with Gasteiger partial charge in [-0.25, -0.2) is 9.59 Å². The van der Waals surface area contributed by atoms with E-state index in [0.29, 0.717) is 10.4 Å². The van der Waals surface area contributed by atoms with Gasteiger partial charge in [-0.05, 0) is 13.0 Å². The first kappa shape index (κ1) is 10.7. The minimum atomic E-state index is -0.437. The Kier molecular flexibility index (Phi) is 3.24. The molecule has 0 atom stereocenters. The van der Waals surface area contributed by atoms with E-state index in [1.807, 2.05) is 0 Å². The summed E-state index contributed by atoms with van der Waals surface area (Å²) >= 11 is 1.22. The number of aryl methyl sites for hydroxylation is 1. The summed E-state index contributed by atoms with van der Waals surface area (Å²) in [5.74, 6) is -0.873. The lowest BCUT2D eigenvalue weighted by Gasteiger charge is -1.94. The van der Waals surface area contributed by atoms with Crippen LogP contribution in [0.5, 0.6) is 0 Å². The number of methoxy groups -OCH3 is 2. The highest BCUT2D eigenvalue weighted by Gasteiger charge is 2.17. The van der Waals surface area contributed by atoms with Crippen LogP contribution in [0.3, 0.4) is 0 Å². The van der Waals surface area contributed by atoms with Crippen LogP contribution in [-0.4, -0.2) is 26.2 Å². The van der Waals surface area contributed by atoms with Crippen molar-refractivity contribution in [1.82, 2.24) is 0 Å². The van der Waals surface area contributed by atoms with Gasteiger partial charge in [0.1, 0.15) is 4.88 Å². The predicted octanol–water partition coefficient (Wildman–Crippen LogP) is 1.63. The lowest BCUT2D eigenvalue weighted by Crippen LogP contribution is -2.01. The van der Waals surface area contributed by atoms with E-state index in [9.17, 15) is 9.59 Å². The maximum absolute atomic E-state index is 11.2. The second-order valence-electron chi connectivity index (χ2n) is 2.56. The van der Waals surface area contributed by atoms with Gasteiger partial charge in [0.25, 0.3) is 0 Å². The molecule has 0 saturated carbocycles. The number of carbonyl (C=O) groups is 2. The zero-order valence-corrected chi connectivity index (χ0v) is 8.94. The number of hydrogen-bond donors (Lipinski definition) is 0. The quantitative estimate of drug-likeness (QED) is 0.702. The number of carbonyl (C=O) groups excluding carboxylic acids is 2. The van der Waals surface area contributed by atoms with E-state index in [-0.39, 0.29) is 0 Å². The molecule has 0 spiro atoms. The summed E-state index contributed by atoms with van der Waals surface area (Å²) in [6.07, 6.45) is 0. The van der Waals surface area contributed by atoms with Crippen molar-refractivity contribution in [3.63, 3.8) is 0 Å². The standard InChI is InChI=1S/C9H10O4S/c1-5-6(8(10)12-2)4-7(14-5)9(11)13-3/h4H,1-3H3. The maximum atomic E-state index is 11.2. The third kappa shape index (κ3) is 1.93. The minimum Gasteiger partial charge on any atom is -0.465 e. The van der Waals surface area contributed by atoms with Crippen molar-refractivity contribution in [2.24, 2.45) is 0 Å². The van der Waals surface area contributed by atoms with Crippen LogP contribution in [0.15, 0.2) is 6.07 Å². The van der Waals surface area contributed by atoms with Crippen LogP contribution in [-0.2, 0) is 9.47 Å². The lowest BCUT2D eigenvalue weighted by molar-refractivity contribution is 0.0600. The van der Waals surface area contributed by atoms with E-state index >= 15 is 0 Å². The first-order valence-electron chi connectivity index (χ1n) is 3.87. The summed E-state index contributed by atoms with van der Waals surface area (Å²) in [6, 6.07) is 1.48. The molecule has 0 saturated heterocycles. The monoisotopic (exact) mass is 214 g/mol. The molecule has 4 nitrogen and oxygen atoms in total. The van der Waals surface area contributed by atoms with Gasteiger partial charge in [0.15, 0.2) is 0 Å². The Morgan fingerprint density at radius 2 is 1.79 bits per heavy atom. The van der Waals surface area contributed by atoms with Gasteiger partial charge in [0.05, 0.1) is 19.8 Å². The number of hydrogen-bond acceptors (Lipinski definition) is 5. The molecular weight excluding hydrogens is 204 g/mol. The first-order valence-corrected chi connectivity index (χ1v) is 4.69. The van der Waals surface area contributed by atoms with E-state index < -0.39 is 11.9 Å². The smallest absolute Gasteiger partial charge is 0.348 e. The average molecular weight is 214 g/mol. The molecule has 76 valence electrons. The molecule has 1 rings (SSSR count). The molecule has 0 N–H and O–H groups in total. The van der Waals surface area contributed by atoms with Gasteiger partial charge >= 0.3 is 11.9 Å². The second kappa shape index (κ2) is 4.23. The number of ether oxygens (including phenoxy) is 2. The van der Waals surface area contributed by atoms with E-state index in [2.05, 4.69) is 9.47 Å². The summed E-state index contributed by atoms with van der Waals surface area (Å²) in [6.45, 7) is 1.75. The number of thiophene rings is 1. The molecule has 1 heterocycles. The van der Waals surface area contributed by atoms with Crippen molar-refractivity contribution in [3.8, 4) is 0 Å². The molecule has 0 amide bonds. The van der Waals surface area contributed by atoms with Crippen LogP contribution in [0.25, 0.3) is 0 Å². The Hall–Kier alpha value is -1.36. The molecular formula is C9H10O4S. The van der Waals surface area contributed by atoms with Crippen LogP contribution in [0.2, 0.25) is 0 Å². The molecule has 0 bridgehead atoms. The molecule has 5 heteroatoms. The first-order chi connectivity index (χ1) is 6.60. The Morgan fingerprint density at radius 1 is 1.21 bits per heavy atom. The van der Waals surface area contributed by atoms with Crippen molar-refractivity contribution in [3.05, 3.63) is 21.4 Å². The Morgan fingerprint density at radius 3 is 2.29 bits per heavy atom. The van der Waals surface area contributed by atoms with Crippen LogP contribution in [0.1, 0.15) is 24.9 Å². The molecule has 0 unspecified atom stereocenters. The molecule has 1 aromatic rings. The molecule has 14 heavy (non-hydrogen) atoms. The third-order valence-corrected chi connectivity index (χ3v) is 2.74. The van der Waals surface area contributed by atoms with Crippen molar-refractivity contribution in [1.29, 1.82) is 0 Å². The molecule has 0 aliphatic carbocycles. The zero-order chi connectivity index (χ0) is 10.7. The SMILES string of the molecule is COC(=O)c1cc(C(=O)OC)c(C)s1. The summed E-state index contributed by atoms with van der Waals surface area (Å²) < 4.78 is 9.10. The summed E-state index contributed by atoms with van der Waals surface area (Å²) in [7, 11) is 2.60. The molecule has 1 aromatic heterocycles. The van der Waals surface area contributed by atoms with Gasteiger partial charge in [-0.1, -0.05) is 0 Å². The van der Waals surface area contributed by atoms with Crippen molar-refractivity contribution in [2.75, 3.05) is 14.2 Å². The Balaban J connectivity index is 3.05. The number of rotatable bonds is 2. The highest BCUT2D eigenvalue weighted by Crippen LogP contribution is 2.22. The molecule has 0 radical (unpaired) electrons. The Bertz CT molecular complexity index is 367. The Labute approximate surface area is 85.4 Å². The molecule has 0 aliphatic rings. The highest BCUT2D eigenvalue weighted by atomic mass is 32.1. The van der Waals surface area contributed by atoms with Crippen LogP contribution in [0, 0.1) is 6.92 Å². The van der Waals surface area contributed by atoms with Crippen LogP contribution in [0.4, 0.5) is 0 Å². The van der Waals surface area contributed by atoms with Crippen molar-refractivity contribution in [2.45, 2.75) is 6.92 Å². The minimum absolute atomic E-state index is 0.408. The van der Waals surface area contributed by atoms with E-state index in [1.165, 1.54) is 31.6 Å². The predicted molar refractivity (Wildman–Crippen MR) is 51.7 cm³/mol. The summed E-state index contributed by atoms with van der Waals surface area (Å²) in [5.41, 5.74) is 0.415. The van der Waals surface area contributed by atoms with Crippen molar-refractivity contribution < 1.29 is 19.1 Å². The van der Waals surface area contributed by atoms with E-state index in [0.717, 1.165) is 4.88 Å². The van der Waals surface area contributed by atoms with Gasteiger partial charge in [-0.2, -0.15) is 0 Å². The lowest BCUT2D eigenvalue weighted by atomic mass is 10.2. The van der Waals surface area contributed by atoms with Gasteiger partial charge in [0.2, 0.25) is 0 Å². The number of esters is 2. The van der Waals surface area contributed by atoms with Gasteiger partial charge < -0.3 is 9.47 Å². The maximum Gasteiger partial charge on any atom is 0.348 e.